The molecule has 2 N–H and O–H groups in total. The predicted molar refractivity (Wildman–Crippen MR) is 69.0 cm³/mol. The Labute approximate surface area is 108 Å². The van der Waals surface area contributed by atoms with Crippen molar-refractivity contribution in [2.75, 3.05) is 0 Å². The zero-order valence-corrected chi connectivity index (χ0v) is 10.5. The lowest BCUT2D eigenvalue weighted by Crippen LogP contribution is -2.27. The summed E-state index contributed by atoms with van der Waals surface area (Å²) in [5.41, 5.74) is 6.65. The van der Waals surface area contributed by atoms with E-state index in [-0.39, 0.29) is 24.5 Å². The fraction of sp³-hybridized carbons (Fsp3) is 0.462. The molecule has 0 saturated heterocycles. The molecule has 1 aliphatic rings. The van der Waals surface area contributed by atoms with E-state index in [9.17, 15) is 4.79 Å². The maximum Gasteiger partial charge on any atom is 0.327 e. The lowest BCUT2D eigenvalue weighted by Gasteiger charge is -2.15. The van der Waals surface area contributed by atoms with Crippen LogP contribution in [0.4, 0.5) is 0 Å². The minimum Gasteiger partial charge on any atom is -0.461 e. The van der Waals surface area contributed by atoms with Gasteiger partial charge in [-0.3, -0.25) is 0 Å². The van der Waals surface area contributed by atoms with Gasteiger partial charge in [0.2, 0.25) is 0 Å². The van der Waals surface area contributed by atoms with Crippen molar-refractivity contribution >= 4 is 18.4 Å². The Bertz CT molecular complexity index is 350. The fourth-order valence-electron chi connectivity index (χ4n) is 2.04. The summed E-state index contributed by atoms with van der Waals surface area (Å²) in [5, 5.41) is 0. The summed E-state index contributed by atoms with van der Waals surface area (Å²) in [6.45, 7) is 0. The van der Waals surface area contributed by atoms with Gasteiger partial charge in [0.1, 0.15) is 12.1 Å². The molecule has 0 aromatic heterocycles. The van der Waals surface area contributed by atoms with Crippen LogP contribution in [0.15, 0.2) is 30.3 Å². The van der Waals surface area contributed by atoms with Crippen molar-refractivity contribution in [2.24, 2.45) is 5.73 Å². The van der Waals surface area contributed by atoms with Gasteiger partial charge < -0.3 is 10.5 Å². The van der Waals surface area contributed by atoms with Crippen molar-refractivity contribution in [1.29, 1.82) is 0 Å². The van der Waals surface area contributed by atoms with Crippen molar-refractivity contribution < 1.29 is 9.53 Å². The number of carbonyl (C=O) groups is 1. The molecule has 0 radical (unpaired) electrons. The maximum atomic E-state index is 11.8. The van der Waals surface area contributed by atoms with Gasteiger partial charge in [-0.05, 0) is 31.2 Å². The van der Waals surface area contributed by atoms with Gasteiger partial charge in [0.15, 0.2) is 0 Å². The second-order valence-corrected chi connectivity index (χ2v) is 4.23. The SMILES string of the molecule is Cl.NC(C(=O)OC1CCCC1)c1ccccc1. The third-order valence-electron chi connectivity index (χ3n) is 3.00. The number of halogens is 1. The Morgan fingerprint density at radius 3 is 2.41 bits per heavy atom. The van der Waals surface area contributed by atoms with E-state index in [0.29, 0.717) is 0 Å². The first-order chi connectivity index (χ1) is 7.77. The van der Waals surface area contributed by atoms with E-state index in [4.69, 9.17) is 10.5 Å². The van der Waals surface area contributed by atoms with Crippen LogP contribution in [0.25, 0.3) is 0 Å². The maximum absolute atomic E-state index is 11.8. The third kappa shape index (κ3) is 3.72. The molecule has 1 aromatic rings. The number of rotatable bonds is 3. The zero-order valence-electron chi connectivity index (χ0n) is 9.67. The standard InChI is InChI=1S/C13H17NO2.ClH/c14-12(10-6-2-1-3-7-10)13(15)16-11-8-4-5-9-11;/h1-3,6-7,11-12H,4-5,8-9,14H2;1H. The molecule has 1 atom stereocenters. The first kappa shape index (κ1) is 14.0. The summed E-state index contributed by atoms with van der Waals surface area (Å²) >= 11 is 0. The van der Waals surface area contributed by atoms with Crippen molar-refractivity contribution in [3.8, 4) is 0 Å². The minimum absolute atomic E-state index is 0. The number of hydrogen-bond acceptors (Lipinski definition) is 3. The molecule has 94 valence electrons. The van der Waals surface area contributed by atoms with Crippen LogP contribution in [0.1, 0.15) is 37.3 Å². The van der Waals surface area contributed by atoms with Gasteiger partial charge in [-0.25, -0.2) is 4.79 Å². The average molecular weight is 256 g/mol. The van der Waals surface area contributed by atoms with Crippen molar-refractivity contribution in [3.63, 3.8) is 0 Å². The van der Waals surface area contributed by atoms with Crippen molar-refractivity contribution in [1.82, 2.24) is 0 Å². The number of ether oxygens (including phenoxy) is 1. The highest BCUT2D eigenvalue weighted by Gasteiger charge is 2.23. The van der Waals surface area contributed by atoms with Gasteiger partial charge in [-0.1, -0.05) is 30.3 Å². The molecule has 1 unspecified atom stereocenters. The van der Waals surface area contributed by atoms with Gasteiger partial charge in [0.25, 0.3) is 0 Å². The Morgan fingerprint density at radius 2 is 1.82 bits per heavy atom. The summed E-state index contributed by atoms with van der Waals surface area (Å²) in [6, 6.07) is 8.69. The van der Waals surface area contributed by atoms with Crippen LogP contribution < -0.4 is 5.73 Å². The van der Waals surface area contributed by atoms with Crippen LogP contribution in [0, 0.1) is 0 Å². The molecule has 1 aromatic carbocycles. The molecule has 4 heteroatoms. The molecule has 0 amide bonds. The smallest absolute Gasteiger partial charge is 0.327 e. The van der Waals surface area contributed by atoms with Gasteiger partial charge in [-0.15, -0.1) is 12.4 Å². The van der Waals surface area contributed by atoms with E-state index >= 15 is 0 Å². The number of nitrogens with two attached hydrogens (primary N) is 1. The van der Waals surface area contributed by atoms with E-state index in [1.165, 1.54) is 0 Å². The third-order valence-corrected chi connectivity index (χ3v) is 3.00. The molecule has 3 nitrogen and oxygen atoms in total. The van der Waals surface area contributed by atoms with Crippen LogP contribution in [0.2, 0.25) is 0 Å². The van der Waals surface area contributed by atoms with Crippen LogP contribution in [0.5, 0.6) is 0 Å². The molecule has 1 saturated carbocycles. The van der Waals surface area contributed by atoms with E-state index in [1.54, 1.807) is 0 Å². The molecule has 2 rings (SSSR count). The van der Waals surface area contributed by atoms with Crippen molar-refractivity contribution in [3.05, 3.63) is 35.9 Å². The molecular weight excluding hydrogens is 238 g/mol. The Balaban J connectivity index is 0.00000144. The van der Waals surface area contributed by atoms with E-state index in [1.807, 2.05) is 30.3 Å². The quantitative estimate of drug-likeness (QED) is 0.845. The van der Waals surface area contributed by atoms with Crippen LogP contribution in [-0.4, -0.2) is 12.1 Å². The number of carbonyl (C=O) groups excluding carboxylic acids is 1. The lowest BCUT2D eigenvalue weighted by molar-refractivity contribution is -0.150. The Kier molecular flexibility index (Phi) is 5.45. The predicted octanol–water partition coefficient (Wildman–Crippen LogP) is 2.59. The molecular formula is C13H18ClNO2. The minimum atomic E-state index is -0.651. The second-order valence-electron chi connectivity index (χ2n) is 4.23. The highest BCUT2D eigenvalue weighted by molar-refractivity contribution is 5.85. The van der Waals surface area contributed by atoms with Gasteiger partial charge in [-0.2, -0.15) is 0 Å². The molecule has 0 heterocycles. The van der Waals surface area contributed by atoms with E-state index < -0.39 is 6.04 Å². The largest absolute Gasteiger partial charge is 0.461 e. The molecule has 0 aliphatic heterocycles. The van der Waals surface area contributed by atoms with Crippen LogP contribution in [0.3, 0.4) is 0 Å². The van der Waals surface area contributed by atoms with Crippen LogP contribution >= 0.6 is 12.4 Å². The lowest BCUT2D eigenvalue weighted by atomic mass is 10.1. The normalized spacial score (nSPS) is 17.2. The van der Waals surface area contributed by atoms with E-state index in [0.717, 1.165) is 31.2 Å². The molecule has 1 aliphatic carbocycles. The summed E-state index contributed by atoms with van der Waals surface area (Å²) in [5.74, 6) is -0.307. The molecule has 1 fully saturated rings. The number of benzene rings is 1. The van der Waals surface area contributed by atoms with Gasteiger partial charge >= 0.3 is 5.97 Å². The first-order valence-electron chi connectivity index (χ1n) is 5.78. The topological polar surface area (TPSA) is 52.3 Å². The van der Waals surface area contributed by atoms with Gasteiger partial charge in [0.05, 0.1) is 0 Å². The summed E-state index contributed by atoms with van der Waals surface area (Å²) in [7, 11) is 0. The van der Waals surface area contributed by atoms with E-state index in [2.05, 4.69) is 0 Å². The van der Waals surface area contributed by atoms with Crippen molar-refractivity contribution in [2.45, 2.75) is 37.8 Å². The highest BCUT2D eigenvalue weighted by atomic mass is 35.5. The summed E-state index contributed by atoms with van der Waals surface area (Å²) in [6.07, 6.45) is 4.35. The monoisotopic (exact) mass is 255 g/mol. The fourth-order valence-corrected chi connectivity index (χ4v) is 2.04. The molecule has 17 heavy (non-hydrogen) atoms. The second kappa shape index (κ2) is 6.62. The summed E-state index contributed by atoms with van der Waals surface area (Å²) < 4.78 is 5.36. The molecule has 0 bridgehead atoms. The average Bonchev–Trinajstić information content (AvgIpc) is 2.82. The Hall–Kier alpha value is -1.06. The number of esters is 1. The zero-order chi connectivity index (χ0) is 11.4. The van der Waals surface area contributed by atoms with Gasteiger partial charge in [0, 0.05) is 0 Å². The highest BCUT2D eigenvalue weighted by Crippen LogP contribution is 2.23. The number of hydrogen-bond donors (Lipinski definition) is 1. The molecule has 0 spiro atoms. The van der Waals surface area contributed by atoms with Crippen LogP contribution in [-0.2, 0) is 9.53 Å². The summed E-state index contributed by atoms with van der Waals surface area (Å²) in [4.78, 5) is 11.8. The first-order valence-corrected chi connectivity index (χ1v) is 5.78. The Morgan fingerprint density at radius 1 is 1.24 bits per heavy atom.